The second-order valence-electron chi connectivity index (χ2n) is 11.5. The quantitative estimate of drug-likeness (QED) is 0.561. The van der Waals surface area contributed by atoms with Crippen LogP contribution in [0.2, 0.25) is 0 Å². The SMILES string of the molecule is C=C1CC[C@](C)(N2Cc3c(OCc4ccc(CN5CCC(C(C)C)CC5)cc4)cccc3C2=O)C(=O)N1. The van der Waals surface area contributed by atoms with Crippen molar-refractivity contribution >= 4 is 11.8 Å². The van der Waals surface area contributed by atoms with Crippen LogP contribution < -0.4 is 10.1 Å². The van der Waals surface area contributed by atoms with Crippen molar-refractivity contribution in [3.63, 3.8) is 0 Å². The average Bonchev–Trinajstić information content (AvgIpc) is 3.24. The van der Waals surface area contributed by atoms with Gasteiger partial charge in [0, 0.05) is 23.4 Å². The molecule has 6 heteroatoms. The van der Waals surface area contributed by atoms with Crippen molar-refractivity contribution in [3.8, 4) is 5.75 Å². The van der Waals surface area contributed by atoms with Gasteiger partial charge in [-0.05, 0) is 80.8 Å². The number of fused-ring (bicyclic) bond motifs is 1. The van der Waals surface area contributed by atoms with Gasteiger partial charge in [0.05, 0.1) is 6.54 Å². The first-order valence-corrected chi connectivity index (χ1v) is 13.6. The van der Waals surface area contributed by atoms with Gasteiger partial charge in [-0.15, -0.1) is 0 Å². The molecule has 2 amide bonds. The predicted molar refractivity (Wildman–Crippen MR) is 145 cm³/mol. The first kappa shape index (κ1) is 25.5. The van der Waals surface area contributed by atoms with Gasteiger partial charge in [0.1, 0.15) is 17.9 Å². The summed E-state index contributed by atoms with van der Waals surface area (Å²) < 4.78 is 6.22. The Hall–Kier alpha value is -3.12. The van der Waals surface area contributed by atoms with Crippen LogP contribution in [-0.4, -0.2) is 40.2 Å². The van der Waals surface area contributed by atoms with Crippen LogP contribution in [0.1, 0.15) is 73.5 Å². The molecule has 0 spiro atoms. The summed E-state index contributed by atoms with van der Waals surface area (Å²) in [6, 6.07) is 14.3. The number of likely N-dealkylation sites (tertiary alicyclic amines) is 1. The molecule has 2 fully saturated rings. The molecule has 2 aromatic carbocycles. The summed E-state index contributed by atoms with van der Waals surface area (Å²) >= 11 is 0. The third kappa shape index (κ3) is 5.17. The van der Waals surface area contributed by atoms with E-state index in [1.807, 2.05) is 25.1 Å². The highest BCUT2D eigenvalue weighted by atomic mass is 16.5. The largest absolute Gasteiger partial charge is 0.489 e. The normalized spacial score (nSPS) is 22.9. The minimum atomic E-state index is -0.894. The number of amides is 2. The summed E-state index contributed by atoms with van der Waals surface area (Å²) in [6.07, 6.45) is 3.82. The van der Waals surface area contributed by atoms with Gasteiger partial charge in [-0.25, -0.2) is 0 Å². The van der Waals surface area contributed by atoms with Gasteiger partial charge in [-0.3, -0.25) is 14.5 Å². The van der Waals surface area contributed by atoms with Crippen molar-refractivity contribution in [1.82, 2.24) is 15.1 Å². The van der Waals surface area contributed by atoms with Gasteiger partial charge in [-0.2, -0.15) is 0 Å². The van der Waals surface area contributed by atoms with Crippen molar-refractivity contribution in [3.05, 3.63) is 77.0 Å². The lowest BCUT2D eigenvalue weighted by atomic mass is 9.86. The van der Waals surface area contributed by atoms with Crippen LogP contribution in [0.15, 0.2) is 54.7 Å². The minimum absolute atomic E-state index is 0.118. The number of carbonyl (C=O) groups is 2. The van der Waals surface area contributed by atoms with Gasteiger partial charge in [0.2, 0.25) is 5.91 Å². The zero-order valence-electron chi connectivity index (χ0n) is 22.4. The highest BCUT2D eigenvalue weighted by Gasteiger charge is 2.48. The Balaban J connectivity index is 1.20. The Morgan fingerprint density at radius 2 is 1.78 bits per heavy atom. The van der Waals surface area contributed by atoms with Crippen LogP contribution in [0.25, 0.3) is 0 Å². The van der Waals surface area contributed by atoms with E-state index >= 15 is 0 Å². The molecule has 0 aliphatic carbocycles. The molecule has 0 bridgehead atoms. The number of piperidine rings is 2. The minimum Gasteiger partial charge on any atom is -0.489 e. The van der Waals surface area contributed by atoms with Crippen LogP contribution in [-0.2, 0) is 24.5 Å². The van der Waals surface area contributed by atoms with Gasteiger partial charge < -0.3 is 15.0 Å². The van der Waals surface area contributed by atoms with Gasteiger partial charge in [-0.1, -0.05) is 50.8 Å². The molecule has 0 aromatic heterocycles. The van der Waals surface area contributed by atoms with Crippen LogP contribution in [0, 0.1) is 11.8 Å². The fourth-order valence-corrected chi connectivity index (χ4v) is 5.90. The Kier molecular flexibility index (Phi) is 7.13. The molecule has 3 aliphatic rings. The number of ether oxygens (including phenoxy) is 1. The molecule has 37 heavy (non-hydrogen) atoms. The third-order valence-corrected chi connectivity index (χ3v) is 8.61. The third-order valence-electron chi connectivity index (χ3n) is 8.61. The standard InChI is InChI=1S/C31H39N3O3/c1-21(2)25-13-16-33(17-14-25)18-23-8-10-24(11-9-23)20-37-28-7-5-6-26-27(28)19-34(29(26)35)31(4)15-12-22(3)32-30(31)36/h5-11,21,25H,3,12-20H2,1-2,4H3,(H,32,36)/t31-/m0/s1. The number of carbonyl (C=O) groups excluding carboxylic acids is 2. The van der Waals surface area contributed by atoms with Gasteiger partial charge in [0.15, 0.2) is 0 Å². The monoisotopic (exact) mass is 501 g/mol. The maximum atomic E-state index is 13.3. The molecule has 0 unspecified atom stereocenters. The van der Waals surface area contributed by atoms with E-state index in [1.54, 1.807) is 4.90 Å². The smallest absolute Gasteiger partial charge is 0.255 e. The molecule has 3 heterocycles. The van der Waals surface area contributed by atoms with E-state index in [-0.39, 0.29) is 11.8 Å². The first-order chi connectivity index (χ1) is 17.7. The predicted octanol–water partition coefficient (Wildman–Crippen LogP) is 5.27. The average molecular weight is 502 g/mol. The number of nitrogens with one attached hydrogen (secondary N) is 1. The summed E-state index contributed by atoms with van der Waals surface area (Å²) in [5, 5.41) is 2.83. The lowest BCUT2D eigenvalue weighted by Crippen LogP contribution is -2.59. The van der Waals surface area contributed by atoms with Crippen molar-refractivity contribution in [2.45, 2.75) is 71.7 Å². The van der Waals surface area contributed by atoms with Crippen LogP contribution >= 0.6 is 0 Å². The highest BCUT2D eigenvalue weighted by Crippen LogP contribution is 2.38. The molecule has 3 aliphatic heterocycles. The maximum Gasteiger partial charge on any atom is 0.255 e. The van der Waals surface area contributed by atoms with E-state index in [0.717, 1.165) is 29.5 Å². The molecule has 196 valence electrons. The van der Waals surface area contributed by atoms with Crippen molar-refractivity contribution in [2.75, 3.05) is 13.1 Å². The van der Waals surface area contributed by atoms with Gasteiger partial charge >= 0.3 is 0 Å². The molecule has 0 radical (unpaired) electrons. The van der Waals surface area contributed by atoms with Gasteiger partial charge in [0.25, 0.3) is 5.91 Å². The Bertz CT molecular complexity index is 1180. The zero-order valence-corrected chi connectivity index (χ0v) is 22.4. The number of hydrogen-bond donors (Lipinski definition) is 1. The number of benzene rings is 2. The van der Waals surface area contributed by atoms with E-state index in [1.165, 1.54) is 31.5 Å². The topological polar surface area (TPSA) is 61.9 Å². The molecule has 2 saturated heterocycles. The van der Waals surface area contributed by atoms with Crippen molar-refractivity contribution in [2.24, 2.45) is 11.8 Å². The van der Waals surface area contributed by atoms with Crippen molar-refractivity contribution < 1.29 is 14.3 Å². The maximum absolute atomic E-state index is 13.3. The Morgan fingerprint density at radius 1 is 1.08 bits per heavy atom. The lowest BCUT2D eigenvalue weighted by Gasteiger charge is -2.40. The van der Waals surface area contributed by atoms with E-state index in [9.17, 15) is 9.59 Å². The second-order valence-corrected chi connectivity index (χ2v) is 11.5. The van der Waals surface area contributed by atoms with Crippen LogP contribution in [0.4, 0.5) is 0 Å². The summed E-state index contributed by atoms with van der Waals surface area (Å²) in [6.45, 7) is 14.5. The molecule has 6 nitrogen and oxygen atoms in total. The summed E-state index contributed by atoms with van der Waals surface area (Å²) in [4.78, 5) is 30.3. The fourth-order valence-electron chi connectivity index (χ4n) is 5.90. The van der Waals surface area contributed by atoms with E-state index in [2.05, 4.69) is 54.9 Å². The molecule has 0 saturated carbocycles. The summed E-state index contributed by atoms with van der Waals surface area (Å²) in [5.74, 6) is 2.06. The second kappa shape index (κ2) is 10.3. The molecular formula is C31H39N3O3. The summed E-state index contributed by atoms with van der Waals surface area (Å²) in [7, 11) is 0. The molecule has 2 aromatic rings. The van der Waals surface area contributed by atoms with E-state index < -0.39 is 5.54 Å². The molecule has 5 rings (SSSR count). The number of rotatable bonds is 7. The molecular weight excluding hydrogens is 462 g/mol. The van der Waals surface area contributed by atoms with E-state index in [0.29, 0.717) is 43.0 Å². The number of nitrogens with zero attached hydrogens (tertiary/aromatic N) is 2. The fraction of sp³-hybridized carbons (Fsp3) is 0.484. The zero-order chi connectivity index (χ0) is 26.2. The lowest BCUT2D eigenvalue weighted by molar-refractivity contribution is -0.132. The summed E-state index contributed by atoms with van der Waals surface area (Å²) in [5.41, 5.74) is 3.71. The van der Waals surface area contributed by atoms with E-state index in [4.69, 9.17) is 4.74 Å². The highest BCUT2D eigenvalue weighted by molar-refractivity contribution is 6.03. The van der Waals surface area contributed by atoms with Crippen LogP contribution in [0.3, 0.4) is 0 Å². The molecule has 1 N–H and O–H groups in total. The molecule has 1 atom stereocenters. The van der Waals surface area contributed by atoms with Crippen LogP contribution in [0.5, 0.6) is 5.75 Å². The van der Waals surface area contributed by atoms with Crippen molar-refractivity contribution in [1.29, 1.82) is 0 Å². The first-order valence-electron chi connectivity index (χ1n) is 13.6. The number of allylic oxidation sites excluding steroid dienone is 1. The number of hydrogen-bond acceptors (Lipinski definition) is 4. The Morgan fingerprint density at radius 3 is 2.46 bits per heavy atom. The Labute approximate surface area is 220 Å².